The molecule has 5 fully saturated rings. The van der Waals surface area contributed by atoms with Gasteiger partial charge in [-0.05, 0) is 75.0 Å². The number of hydrogen-bond donors (Lipinski definition) is 0. The van der Waals surface area contributed by atoms with E-state index in [2.05, 4.69) is 13.8 Å². The van der Waals surface area contributed by atoms with E-state index in [1.807, 2.05) is 0 Å². The fraction of sp³-hybridized carbons (Fsp3) is 0.913. The maximum atomic E-state index is 12.3. The lowest BCUT2D eigenvalue weighted by molar-refractivity contribution is -0.158. The largest absolute Gasteiger partial charge is 0.462 e. The zero-order valence-electron chi connectivity index (χ0n) is 17.3. The van der Waals surface area contributed by atoms with Crippen LogP contribution >= 0.6 is 0 Å². The van der Waals surface area contributed by atoms with Crippen molar-refractivity contribution >= 4 is 11.8 Å². The van der Waals surface area contributed by atoms with Crippen LogP contribution in [0.25, 0.3) is 0 Å². The van der Waals surface area contributed by atoms with Crippen LogP contribution in [-0.4, -0.2) is 29.6 Å². The standard InChI is InChI=1S/C23H34O4/c1-13(24)17-5-6-18-16-11-20-23(27-20)12-15(26-14(2)25)7-10-22(23,4)19(16)8-9-21(17,18)3/h15-20H,5-12H2,1-4H3/t15-,16-,17+,18-,19-,20+,21-,22-,23+/m1/s1. The molecule has 0 aromatic carbocycles. The van der Waals surface area contributed by atoms with Gasteiger partial charge in [0.15, 0.2) is 0 Å². The summed E-state index contributed by atoms with van der Waals surface area (Å²) in [5.41, 5.74) is 0.346. The predicted octanol–water partition coefficient (Wildman–Crippen LogP) is 4.30. The van der Waals surface area contributed by atoms with Crippen molar-refractivity contribution in [3.63, 3.8) is 0 Å². The second kappa shape index (κ2) is 5.58. The first kappa shape index (κ1) is 18.1. The first-order chi connectivity index (χ1) is 12.7. The van der Waals surface area contributed by atoms with Crippen LogP contribution in [0.4, 0.5) is 0 Å². The minimum absolute atomic E-state index is 0.0274. The molecule has 1 aliphatic heterocycles. The summed E-state index contributed by atoms with van der Waals surface area (Å²) in [6.45, 7) is 8.19. The Morgan fingerprint density at radius 2 is 1.78 bits per heavy atom. The van der Waals surface area contributed by atoms with Gasteiger partial charge in [-0.25, -0.2) is 0 Å². The Kier molecular flexibility index (Phi) is 3.75. The number of hydrogen-bond acceptors (Lipinski definition) is 4. The lowest BCUT2D eigenvalue weighted by Crippen LogP contribution is -2.59. The van der Waals surface area contributed by atoms with Crippen LogP contribution in [0.5, 0.6) is 0 Å². The highest BCUT2D eigenvalue weighted by Gasteiger charge is 2.76. The van der Waals surface area contributed by atoms with Gasteiger partial charge < -0.3 is 9.47 Å². The van der Waals surface area contributed by atoms with E-state index in [0.29, 0.717) is 29.6 Å². The van der Waals surface area contributed by atoms with Crippen LogP contribution in [-0.2, 0) is 19.1 Å². The van der Waals surface area contributed by atoms with Crippen molar-refractivity contribution in [2.75, 3.05) is 0 Å². The van der Waals surface area contributed by atoms with Crippen molar-refractivity contribution in [2.24, 2.45) is 34.5 Å². The monoisotopic (exact) mass is 374 g/mol. The molecule has 1 heterocycles. The van der Waals surface area contributed by atoms with Crippen LogP contribution in [0, 0.1) is 34.5 Å². The molecule has 0 bridgehead atoms. The van der Waals surface area contributed by atoms with Crippen LogP contribution in [0.15, 0.2) is 0 Å². The molecule has 4 heteroatoms. The summed E-state index contributed by atoms with van der Waals surface area (Å²) in [5, 5.41) is 0. The quantitative estimate of drug-likeness (QED) is 0.534. The van der Waals surface area contributed by atoms with Crippen molar-refractivity contribution in [3.05, 3.63) is 0 Å². The smallest absolute Gasteiger partial charge is 0.302 e. The highest BCUT2D eigenvalue weighted by molar-refractivity contribution is 5.79. The highest BCUT2D eigenvalue weighted by atomic mass is 16.6. The maximum Gasteiger partial charge on any atom is 0.302 e. The van der Waals surface area contributed by atoms with Crippen molar-refractivity contribution in [3.8, 4) is 0 Å². The van der Waals surface area contributed by atoms with Crippen molar-refractivity contribution in [2.45, 2.75) is 96.9 Å². The minimum atomic E-state index is -0.166. The van der Waals surface area contributed by atoms with Crippen molar-refractivity contribution in [1.82, 2.24) is 0 Å². The minimum Gasteiger partial charge on any atom is -0.462 e. The SMILES string of the molecule is CC(=O)O[C@@H]1CC[C@]2(C)[C@@H]3CC[C@@]4(C)[C@H](CC[C@H]4C(C)=O)[C@H]3C[C@@H]3O[C@@]32C1. The van der Waals surface area contributed by atoms with Gasteiger partial charge >= 0.3 is 5.97 Å². The third-order valence-electron chi connectivity index (χ3n) is 9.86. The molecule has 4 nitrogen and oxygen atoms in total. The van der Waals surface area contributed by atoms with E-state index in [1.165, 1.54) is 26.2 Å². The van der Waals surface area contributed by atoms with Crippen LogP contribution in [0.1, 0.15) is 79.1 Å². The van der Waals surface area contributed by atoms with Crippen LogP contribution in [0.2, 0.25) is 0 Å². The van der Waals surface area contributed by atoms with E-state index in [1.54, 1.807) is 6.92 Å². The van der Waals surface area contributed by atoms with Gasteiger partial charge in [0, 0.05) is 24.7 Å². The molecule has 4 aliphatic carbocycles. The molecule has 150 valence electrons. The van der Waals surface area contributed by atoms with E-state index in [-0.39, 0.29) is 34.4 Å². The van der Waals surface area contributed by atoms with E-state index in [0.717, 1.165) is 32.1 Å². The lowest BCUT2D eigenvalue weighted by Gasteiger charge is -2.59. The molecule has 0 aromatic rings. The van der Waals surface area contributed by atoms with Gasteiger partial charge in [-0.3, -0.25) is 9.59 Å². The third kappa shape index (κ3) is 2.25. The molecule has 0 amide bonds. The summed E-state index contributed by atoms with van der Waals surface area (Å²) in [6.07, 6.45) is 9.18. The van der Waals surface area contributed by atoms with Gasteiger partial charge in [0.2, 0.25) is 0 Å². The van der Waals surface area contributed by atoms with Crippen LogP contribution in [0.3, 0.4) is 0 Å². The maximum absolute atomic E-state index is 12.3. The number of Topliss-reactive ketones (excluding diaryl/α,β-unsaturated/α-hetero) is 1. The van der Waals surface area contributed by atoms with Gasteiger partial charge in [0.1, 0.15) is 17.5 Å². The number of ether oxygens (including phenoxy) is 2. The summed E-state index contributed by atoms with van der Waals surface area (Å²) in [6, 6.07) is 0. The number of esters is 1. The second-order valence-electron chi connectivity index (χ2n) is 10.8. The zero-order chi connectivity index (χ0) is 19.2. The van der Waals surface area contributed by atoms with Gasteiger partial charge in [-0.2, -0.15) is 0 Å². The number of fused-ring (bicyclic) bond motifs is 4. The normalized spacial score (nSPS) is 55.6. The number of epoxide rings is 1. The van der Waals surface area contributed by atoms with Gasteiger partial charge in [-0.15, -0.1) is 0 Å². The van der Waals surface area contributed by atoms with E-state index < -0.39 is 0 Å². The fourth-order valence-electron chi connectivity index (χ4n) is 8.64. The molecule has 5 rings (SSSR count). The van der Waals surface area contributed by atoms with Crippen LogP contribution < -0.4 is 0 Å². The third-order valence-corrected chi connectivity index (χ3v) is 9.86. The second-order valence-corrected chi connectivity index (χ2v) is 10.8. The lowest BCUT2D eigenvalue weighted by atomic mass is 9.44. The Morgan fingerprint density at radius 3 is 2.48 bits per heavy atom. The van der Waals surface area contributed by atoms with E-state index in [4.69, 9.17) is 9.47 Å². The van der Waals surface area contributed by atoms with Gasteiger partial charge in [0.25, 0.3) is 0 Å². The highest BCUT2D eigenvalue weighted by Crippen LogP contribution is 2.74. The molecule has 5 aliphatic rings. The summed E-state index contributed by atoms with van der Waals surface area (Å²) in [7, 11) is 0. The molecule has 0 radical (unpaired) electrons. The molecule has 9 atom stereocenters. The number of rotatable bonds is 2. The number of ketones is 1. The summed E-state index contributed by atoms with van der Waals surface area (Å²) >= 11 is 0. The molecule has 0 aromatic heterocycles. The number of carbonyl (C=O) groups is 2. The first-order valence-electron chi connectivity index (χ1n) is 11.1. The Labute approximate surface area is 162 Å². The predicted molar refractivity (Wildman–Crippen MR) is 101 cm³/mol. The fourth-order valence-corrected chi connectivity index (χ4v) is 8.64. The topological polar surface area (TPSA) is 55.9 Å². The van der Waals surface area contributed by atoms with Gasteiger partial charge in [0.05, 0.1) is 6.10 Å². The molecule has 27 heavy (non-hydrogen) atoms. The molecule has 1 saturated heterocycles. The molecule has 0 N–H and O–H groups in total. The summed E-state index contributed by atoms with van der Waals surface area (Å²) in [5.74, 6) is 2.57. The first-order valence-corrected chi connectivity index (χ1v) is 11.1. The Bertz CT molecular complexity index is 688. The molecular formula is C23H34O4. The van der Waals surface area contributed by atoms with E-state index in [9.17, 15) is 9.59 Å². The Balaban J connectivity index is 1.42. The molecular weight excluding hydrogens is 340 g/mol. The van der Waals surface area contributed by atoms with Gasteiger partial charge in [-0.1, -0.05) is 13.8 Å². The van der Waals surface area contributed by atoms with Crippen molar-refractivity contribution in [1.29, 1.82) is 0 Å². The molecule has 4 saturated carbocycles. The Hall–Kier alpha value is -0.900. The zero-order valence-corrected chi connectivity index (χ0v) is 17.3. The molecule has 0 unspecified atom stereocenters. The summed E-state index contributed by atoms with van der Waals surface area (Å²) in [4.78, 5) is 23.7. The number of carbonyl (C=O) groups excluding carboxylic acids is 2. The summed E-state index contributed by atoms with van der Waals surface area (Å²) < 4.78 is 12.1. The Morgan fingerprint density at radius 1 is 1.00 bits per heavy atom. The van der Waals surface area contributed by atoms with Crippen molar-refractivity contribution < 1.29 is 19.1 Å². The van der Waals surface area contributed by atoms with E-state index >= 15 is 0 Å². The molecule has 1 spiro atoms. The average Bonchev–Trinajstić information content (AvgIpc) is 3.15. The average molecular weight is 375 g/mol.